The van der Waals surface area contributed by atoms with Crippen molar-refractivity contribution in [3.05, 3.63) is 29.0 Å². The average molecular weight is 367 g/mol. The monoisotopic (exact) mass is 366 g/mol. The summed E-state index contributed by atoms with van der Waals surface area (Å²) in [5.41, 5.74) is 6.82. The molecule has 0 spiro atoms. The minimum atomic E-state index is 0. The Kier molecular flexibility index (Phi) is 5.97. The summed E-state index contributed by atoms with van der Waals surface area (Å²) in [5.74, 6) is 0.546. The maximum absolute atomic E-state index is 5.71. The fourth-order valence-electron chi connectivity index (χ4n) is 1.34. The summed E-state index contributed by atoms with van der Waals surface area (Å²) in [6, 6.07) is 4.29. The molecular formula is C11H16ClIN4. The molecule has 94 valence electrons. The minimum absolute atomic E-state index is 0. The first-order valence-electron chi connectivity index (χ1n) is 5.41. The number of nitrogens with one attached hydrogen (secondary N) is 1. The summed E-state index contributed by atoms with van der Waals surface area (Å²) in [7, 11) is 0. The molecule has 1 aliphatic rings. The Morgan fingerprint density at radius 1 is 1.53 bits per heavy atom. The summed E-state index contributed by atoms with van der Waals surface area (Å²) in [4.78, 5) is 8.25. The van der Waals surface area contributed by atoms with E-state index in [-0.39, 0.29) is 24.0 Å². The van der Waals surface area contributed by atoms with Crippen molar-refractivity contribution in [1.29, 1.82) is 0 Å². The van der Waals surface area contributed by atoms with Crippen LogP contribution < -0.4 is 11.1 Å². The summed E-state index contributed by atoms with van der Waals surface area (Å²) in [5, 5.41) is 3.66. The van der Waals surface area contributed by atoms with Crippen LogP contribution in [0.25, 0.3) is 0 Å². The fourth-order valence-corrected chi connectivity index (χ4v) is 1.45. The molecule has 0 atom stereocenters. The summed E-state index contributed by atoms with van der Waals surface area (Å²) in [6.45, 7) is 0.675. The standard InChI is InChI=1S/C11H15ClN4.HI/c12-10-4-1-8(7-15-10)5-6-14-11(13)16-9-2-3-9;/h1,4,7,9H,2-3,5-6H2,(H3,13,14,16);1H. The Balaban J connectivity index is 0.00000144. The van der Waals surface area contributed by atoms with Crippen LogP contribution in [-0.4, -0.2) is 23.5 Å². The van der Waals surface area contributed by atoms with E-state index in [1.54, 1.807) is 12.3 Å². The van der Waals surface area contributed by atoms with E-state index in [1.165, 1.54) is 12.8 Å². The van der Waals surface area contributed by atoms with Gasteiger partial charge in [0, 0.05) is 18.8 Å². The van der Waals surface area contributed by atoms with E-state index in [9.17, 15) is 0 Å². The van der Waals surface area contributed by atoms with E-state index in [0.29, 0.717) is 23.7 Å². The molecule has 0 aromatic carbocycles. The number of hydrogen-bond acceptors (Lipinski definition) is 2. The first kappa shape index (κ1) is 14.5. The van der Waals surface area contributed by atoms with Gasteiger partial charge in [-0.15, -0.1) is 24.0 Å². The van der Waals surface area contributed by atoms with Crippen LogP contribution in [0.4, 0.5) is 0 Å². The number of halogens is 2. The Morgan fingerprint density at radius 2 is 2.29 bits per heavy atom. The molecule has 0 bridgehead atoms. The topological polar surface area (TPSA) is 63.3 Å². The van der Waals surface area contributed by atoms with Gasteiger partial charge in [0.1, 0.15) is 5.15 Å². The maximum Gasteiger partial charge on any atom is 0.188 e. The molecule has 1 fully saturated rings. The van der Waals surface area contributed by atoms with Gasteiger partial charge in [-0.25, -0.2) is 4.98 Å². The van der Waals surface area contributed by atoms with Crippen LogP contribution >= 0.6 is 35.6 Å². The predicted molar refractivity (Wildman–Crippen MR) is 81.0 cm³/mol. The molecule has 1 aromatic heterocycles. The van der Waals surface area contributed by atoms with Crippen LogP contribution in [0.2, 0.25) is 5.15 Å². The van der Waals surface area contributed by atoms with Crippen molar-refractivity contribution in [2.45, 2.75) is 25.3 Å². The zero-order chi connectivity index (χ0) is 11.4. The molecule has 2 rings (SSSR count). The number of guanidine groups is 1. The van der Waals surface area contributed by atoms with Crippen molar-refractivity contribution < 1.29 is 0 Å². The molecule has 6 heteroatoms. The van der Waals surface area contributed by atoms with Gasteiger partial charge in [0.2, 0.25) is 0 Å². The highest BCUT2D eigenvalue weighted by atomic mass is 127. The van der Waals surface area contributed by atoms with E-state index < -0.39 is 0 Å². The minimum Gasteiger partial charge on any atom is -0.370 e. The lowest BCUT2D eigenvalue weighted by molar-refractivity contribution is 0.869. The highest BCUT2D eigenvalue weighted by molar-refractivity contribution is 14.0. The average Bonchev–Trinajstić information content (AvgIpc) is 3.05. The SMILES string of the molecule is I.NC(=NCCc1ccc(Cl)nc1)NC1CC1. The van der Waals surface area contributed by atoms with Crippen molar-refractivity contribution in [3.8, 4) is 0 Å². The van der Waals surface area contributed by atoms with Gasteiger partial charge in [-0.1, -0.05) is 17.7 Å². The first-order chi connectivity index (χ1) is 7.74. The quantitative estimate of drug-likeness (QED) is 0.371. The van der Waals surface area contributed by atoms with E-state index in [1.807, 2.05) is 6.07 Å². The largest absolute Gasteiger partial charge is 0.370 e. The van der Waals surface area contributed by atoms with Crippen molar-refractivity contribution in [1.82, 2.24) is 10.3 Å². The van der Waals surface area contributed by atoms with E-state index in [0.717, 1.165) is 12.0 Å². The van der Waals surface area contributed by atoms with E-state index in [2.05, 4.69) is 15.3 Å². The van der Waals surface area contributed by atoms with Crippen LogP contribution in [0.3, 0.4) is 0 Å². The molecule has 3 N–H and O–H groups in total. The van der Waals surface area contributed by atoms with Crippen LogP contribution in [0.15, 0.2) is 23.3 Å². The smallest absolute Gasteiger partial charge is 0.188 e. The molecule has 0 unspecified atom stereocenters. The Hall–Kier alpha value is -0.560. The molecular weight excluding hydrogens is 351 g/mol. The fraction of sp³-hybridized carbons (Fsp3) is 0.455. The number of aliphatic imine (C=N–C) groups is 1. The zero-order valence-electron chi connectivity index (χ0n) is 9.40. The lowest BCUT2D eigenvalue weighted by atomic mass is 10.2. The molecule has 0 saturated heterocycles. The van der Waals surface area contributed by atoms with Crippen molar-refractivity contribution in [2.75, 3.05) is 6.54 Å². The predicted octanol–water partition coefficient (Wildman–Crippen LogP) is 1.96. The molecule has 4 nitrogen and oxygen atoms in total. The van der Waals surface area contributed by atoms with Gasteiger partial charge in [0.05, 0.1) is 0 Å². The molecule has 17 heavy (non-hydrogen) atoms. The van der Waals surface area contributed by atoms with Gasteiger partial charge in [0.15, 0.2) is 5.96 Å². The molecule has 1 heterocycles. The third kappa shape index (κ3) is 5.54. The first-order valence-corrected chi connectivity index (χ1v) is 5.79. The summed E-state index contributed by atoms with van der Waals surface area (Å²) in [6.07, 6.45) is 5.01. The Labute approximate surface area is 123 Å². The third-order valence-electron chi connectivity index (χ3n) is 2.40. The van der Waals surface area contributed by atoms with Crippen LogP contribution in [0, 0.1) is 0 Å². The van der Waals surface area contributed by atoms with Crippen LogP contribution in [0.5, 0.6) is 0 Å². The van der Waals surface area contributed by atoms with Crippen LogP contribution in [0.1, 0.15) is 18.4 Å². The lowest BCUT2D eigenvalue weighted by Gasteiger charge is -2.03. The van der Waals surface area contributed by atoms with Gasteiger partial charge in [-0.2, -0.15) is 0 Å². The van der Waals surface area contributed by atoms with Crippen molar-refractivity contribution in [3.63, 3.8) is 0 Å². The van der Waals surface area contributed by atoms with Crippen molar-refractivity contribution >= 4 is 41.5 Å². The number of nitrogens with two attached hydrogens (primary N) is 1. The van der Waals surface area contributed by atoms with Gasteiger partial charge in [-0.3, -0.25) is 4.99 Å². The number of rotatable bonds is 4. The highest BCUT2D eigenvalue weighted by Gasteiger charge is 2.21. The third-order valence-corrected chi connectivity index (χ3v) is 2.62. The highest BCUT2D eigenvalue weighted by Crippen LogP contribution is 2.17. The number of pyridine rings is 1. The summed E-state index contributed by atoms with van der Waals surface area (Å²) < 4.78 is 0. The van der Waals surface area contributed by atoms with E-state index in [4.69, 9.17) is 17.3 Å². The number of hydrogen-bond donors (Lipinski definition) is 2. The van der Waals surface area contributed by atoms with Crippen LogP contribution in [-0.2, 0) is 6.42 Å². The summed E-state index contributed by atoms with van der Waals surface area (Å²) >= 11 is 5.69. The van der Waals surface area contributed by atoms with Crippen molar-refractivity contribution in [2.24, 2.45) is 10.7 Å². The molecule has 1 aromatic rings. The molecule has 0 radical (unpaired) electrons. The normalized spacial score (nSPS) is 15.2. The van der Waals surface area contributed by atoms with Gasteiger partial charge in [-0.05, 0) is 30.9 Å². The molecule has 0 amide bonds. The Morgan fingerprint density at radius 3 is 2.88 bits per heavy atom. The second-order valence-electron chi connectivity index (χ2n) is 3.92. The number of nitrogens with zero attached hydrogens (tertiary/aromatic N) is 2. The van der Waals surface area contributed by atoms with E-state index >= 15 is 0 Å². The zero-order valence-corrected chi connectivity index (χ0v) is 12.5. The van der Waals surface area contributed by atoms with Gasteiger partial charge < -0.3 is 11.1 Å². The molecule has 1 aliphatic carbocycles. The number of aromatic nitrogens is 1. The second-order valence-corrected chi connectivity index (χ2v) is 4.31. The Bertz CT molecular complexity index is 376. The second kappa shape index (κ2) is 7.00. The van der Waals surface area contributed by atoms with Gasteiger partial charge in [0.25, 0.3) is 0 Å². The lowest BCUT2D eigenvalue weighted by Crippen LogP contribution is -2.33. The van der Waals surface area contributed by atoms with Gasteiger partial charge >= 0.3 is 0 Å². The maximum atomic E-state index is 5.71. The molecule has 0 aliphatic heterocycles. The molecule has 1 saturated carbocycles.